The Morgan fingerprint density at radius 1 is 1.53 bits per heavy atom. The average Bonchev–Trinajstić information content (AvgIpc) is 2.32. The van der Waals surface area contributed by atoms with Crippen LogP contribution in [0.1, 0.15) is 36.0 Å². The zero-order valence-corrected chi connectivity index (χ0v) is 9.78. The minimum atomic E-state index is -0.0665. The van der Waals surface area contributed by atoms with Gasteiger partial charge in [0, 0.05) is 18.3 Å². The minimum Gasteiger partial charge on any atom is -0.352 e. The molecule has 1 aromatic heterocycles. The lowest BCUT2D eigenvalue weighted by molar-refractivity contribution is 0.0949. The van der Waals surface area contributed by atoms with Crippen molar-refractivity contribution in [3.63, 3.8) is 0 Å². The molecule has 2 rings (SSSR count). The second-order valence-corrected chi connectivity index (χ2v) is 4.42. The predicted molar refractivity (Wildman–Crippen MR) is 66.3 cm³/mol. The van der Waals surface area contributed by atoms with Crippen LogP contribution in [0, 0.1) is 5.92 Å². The van der Waals surface area contributed by atoms with Crippen LogP contribution in [0.5, 0.6) is 0 Å². The molecule has 1 fully saturated rings. The normalized spacial score (nSPS) is 15.1. The van der Waals surface area contributed by atoms with Crippen molar-refractivity contribution in [1.29, 1.82) is 0 Å². The Hall–Kier alpha value is -1.62. The summed E-state index contributed by atoms with van der Waals surface area (Å²) in [6, 6.07) is 3.32. The van der Waals surface area contributed by atoms with Crippen molar-refractivity contribution in [2.24, 2.45) is 11.8 Å². The Bertz CT molecular complexity index is 390. The van der Waals surface area contributed by atoms with Crippen LogP contribution < -0.4 is 16.6 Å². The molecule has 1 aromatic rings. The smallest absolute Gasteiger partial charge is 0.251 e. The van der Waals surface area contributed by atoms with Gasteiger partial charge in [0.2, 0.25) is 0 Å². The van der Waals surface area contributed by atoms with Gasteiger partial charge in [-0.2, -0.15) is 0 Å². The van der Waals surface area contributed by atoms with Gasteiger partial charge < -0.3 is 10.7 Å². The second-order valence-electron chi connectivity index (χ2n) is 4.42. The molecule has 0 saturated heterocycles. The van der Waals surface area contributed by atoms with E-state index >= 15 is 0 Å². The minimum absolute atomic E-state index is 0.0665. The molecule has 5 heteroatoms. The van der Waals surface area contributed by atoms with E-state index in [4.69, 9.17) is 5.84 Å². The Morgan fingerprint density at radius 2 is 2.35 bits per heavy atom. The number of nitrogens with one attached hydrogen (secondary N) is 2. The number of carbonyl (C=O) groups excluding carboxylic acids is 1. The maximum atomic E-state index is 11.8. The molecule has 0 spiro atoms. The van der Waals surface area contributed by atoms with Crippen LogP contribution in [0.25, 0.3) is 0 Å². The lowest BCUT2D eigenvalue weighted by Crippen LogP contribution is -2.27. The van der Waals surface area contributed by atoms with Gasteiger partial charge in [-0.3, -0.25) is 4.79 Å². The number of pyridine rings is 1. The summed E-state index contributed by atoms with van der Waals surface area (Å²) in [6.07, 6.45) is 6.61. The zero-order valence-electron chi connectivity index (χ0n) is 9.78. The monoisotopic (exact) mass is 234 g/mol. The molecule has 4 N–H and O–H groups in total. The van der Waals surface area contributed by atoms with Crippen LogP contribution in [0.15, 0.2) is 18.3 Å². The van der Waals surface area contributed by atoms with Crippen LogP contribution in [-0.4, -0.2) is 17.4 Å². The summed E-state index contributed by atoms with van der Waals surface area (Å²) >= 11 is 0. The second kappa shape index (κ2) is 5.63. The number of rotatable bonds is 5. The third-order valence-corrected chi connectivity index (χ3v) is 3.23. The predicted octanol–water partition coefficient (Wildman–Crippen LogP) is 1.29. The lowest BCUT2D eigenvalue weighted by atomic mass is 9.83. The van der Waals surface area contributed by atoms with Gasteiger partial charge in [0.15, 0.2) is 0 Å². The molecule has 0 atom stereocenters. The van der Waals surface area contributed by atoms with Gasteiger partial charge in [0.25, 0.3) is 5.91 Å². The molecule has 5 nitrogen and oxygen atoms in total. The highest BCUT2D eigenvalue weighted by atomic mass is 16.1. The van der Waals surface area contributed by atoms with E-state index in [1.807, 2.05) is 0 Å². The standard InChI is InChI=1S/C12H18N4O/c13-16-11-8-10(5-7-14-11)12(17)15-6-4-9-2-1-3-9/h5,7-9H,1-4,6,13H2,(H,14,16)(H,15,17). The molecule has 1 amide bonds. The summed E-state index contributed by atoms with van der Waals surface area (Å²) in [7, 11) is 0. The third-order valence-electron chi connectivity index (χ3n) is 3.23. The van der Waals surface area contributed by atoms with Crippen molar-refractivity contribution in [3.05, 3.63) is 23.9 Å². The maximum Gasteiger partial charge on any atom is 0.251 e. The van der Waals surface area contributed by atoms with E-state index in [1.54, 1.807) is 18.3 Å². The van der Waals surface area contributed by atoms with Crippen molar-refractivity contribution in [2.75, 3.05) is 12.0 Å². The summed E-state index contributed by atoms with van der Waals surface area (Å²) in [5.74, 6) is 6.48. The number of anilines is 1. The first-order valence-corrected chi connectivity index (χ1v) is 6.00. The SMILES string of the molecule is NNc1cc(C(=O)NCCC2CCC2)ccn1. The number of nitrogen functional groups attached to an aromatic ring is 1. The molecule has 1 saturated carbocycles. The Labute approximate surface area is 101 Å². The first kappa shape index (κ1) is 11.9. The summed E-state index contributed by atoms with van der Waals surface area (Å²) in [5.41, 5.74) is 3.01. The molecule has 0 aromatic carbocycles. The van der Waals surface area contributed by atoms with Crippen LogP contribution in [0.2, 0.25) is 0 Å². The molecule has 0 radical (unpaired) electrons. The molecule has 0 aliphatic heterocycles. The largest absolute Gasteiger partial charge is 0.352 e. The average molecular weight is 234 g/mol. The fourth-order valence-corrected chi connectivity index (χ4v) is 1.92. The van der Waals surface area contributed by atoms with Crippen molar-refractivity contribution in [1.82, 2.24) is 10.3 Å². The number of amides is 1. The summed E-state index contributed by atoms with van der Waals surface area (Å²) in [4.78, 5) is 15.7. The highest BCUT2D eigenvalue weighted by molar-refractivity contribution is 5.94. The molecular formula is C12H18N4O. The Morgan fingerprint density at radius 3 is 3.00 bits per heavy atom. The third kappa shape index (κ3) is 3.17. The number of nitrogens with two attached hydrogens (primary N) is 1. The fourth-order valence-electron chi connectivity index (χ4n) is 1.92. The number of aromatic nitrogens is 1. The van der Waals surface area contributed by atoms with Crippen LogP contribution >= 0.6 is 0 Å². The zero-order chi connectivity index (χ0) is 12.1. The highest BCUT2D eigenvalue weighted by Gasteiger charge is 2.17. The van der Waals surface area contributed by atoms with Gasteiger partial charge in [0.05, 0.1) is 0 Å². The van der Waals surface area contributed by atoms with Gasteiger partial charge in [-0.15, -0.1) is 0 Å². The van der Waals surface area contributed by atoms with Gasteiger partial charge in [0.1, 0.15) is 5.82 Å². The molecule has 17 heavy (non-hydrogen) atoms. The van der Waals surface area contributed by atoms with Crippen LogP contribution in [0.3, 0.4) is 0 Å². The quantitative estimate of drug-likeness (QED) is 0.529. The number of carbonyl (C=O) groups is 1. The van der Waals surface area contributed by atoms with Crippen LogP contribution in [0.4, 0.5) is 5.82 Å². The van der Waals surface area contributed by atoms with E-state index < -0.39 is 0 Å². The summed E-state index contributed by atoms with van der Waals surface area (Å²) < 4.78 is 0. The number of nitrogens with zero attached hydrogens (tertiary/aromatic N) is 1. The molecule has 0 bridgehead atoms. The number of hydrazine groups is 1. The van der Waals surface area contributed by atoms with E-state index in [-0.39, 0.29) is 5.91 Å². The molecular weight excluding hydrogens is 216 g/mol. The molecule has 1 aliphatic rings. The maximum absolute atomic E-state index is 11.8. The van der Waals surface area contributed by atoms with E-state index in [0.29, 0.717) is 11.4 Å². The van der Waals surface area contributed by atoms with Crippen molar-refractivity contribution < 1.29 is 4.79 Å². The molecule has 1 aliphatic carbocycles. The highest BCUT2D eigenvalue weighted by Crippen LogP contribution is 2.28. The Kier molecular flexibility index (Phi) is 3.93. The summed E-state index contributed by atoms with van der Waals surface area (Å²) in [6.45, 7) is 0.747. The van der Waals surface area contributed by atoms with E-state index in [0.717, 1.165) is 18.9 Å². The van der Waals surface area contributed by atoms with Crippen molar-refractivity contribution in [2.45, 2.75) is 25.7 Å². The van der Waals surface area contributed by atoms with E-state index in [9.17, 15) is 4.79 Å². The first-order valence-electron chi connectivity index (χ1n) is 6.00. The van der Waals surface area contributed by atoms with Crippen LogP contribution in [-0.2, 0) is 0 Å². The van der Waals surface area contributed by atoms with Gasteiger partial charge >= 0.3 is 0 Å². The Balaban J connectivity index is 1.81. The number of hydrogen-bond acceptors (Lipinski definition) is 4. The fraction of sp³-hybridized carbons (Fsp3) is 0.500. The molecule has 0 unspecified atom stereocenters. The summed E-state index contributed by atoms with van der Waals surface area (Å²) in [5, 5.41) is 2.91. The molecule has 92 valence electrons. The first-order chi connectivity index (χ1) is 8.29. The van der Waals surface area contributed by atoms with Gasteiger partial charge in [-0.25, -0.2) is 10.8 Å². The van der Waals surface area contributed by atoms with Gasteiger partial charge in [-0.05, 0) is 24.5 Å². The van der Waals surface area contributed by atoms with Crippen molar-refractivity contribution in [3.8, 4) is 0 Å². The van der Waals surface area contributed by atoms with Crippen molar-refractivity contribution >= 4 is 11.7 Å². The van der Waals surface area contributed by atoms with E-state index in [1.165, 1.54) is 19.3 Å². The number of hydrogen-bond donors (Lipinski definition) is 3. The molecule has 1 heterocycles. The topological polar surface area (TPSA) is 80.0 Å². The lowest BCUT2D eigenvalue weighted by Gasteiger charge is -2.25. The van der Waals surface area contributed by atoms with E-state index in [2.05, 4.69) is 15.7 Å². The van der Waals surface area contributed by atoms with Gasteiger partial charge in [-0.1, -0.05) is 19.3 Å².